The molecule has 8 nitrogen and oxygen atoms in total. The highest BCUT2D eigenvalue weighted by Gasteiger charge is 2.34. The topological polar surface area (TPSA) is 118 Å². The van der Waals surface area contributed by atoms with E-state index in [0.717, 1.165) is 5.70 Å². The number of hydrogen-bond donors (Lipinski definition) is 2. The zero-order valence-electron chi connectivity index (χ0n) is 13.1. The molecule has 0 saturated carbocycles. The maximum absolute atomic E-state index is 11.8. The third kappa shape index (κ3) is 4.22. The Balaban J connectivity index is 2.41. The Morgan fingerprint density at radius 2 is 2.22 bits per heavy atom. The lowest BCUT2D eigenvalue weighted by Crippen LogP contribution is -2.41. The van der Waals surface area contributed by atoms with Gasteiger partial charge in [-0.3, -0.25) is 9.79 Å². The fourth-order valence-electron chi connectivity index (χ4n) is 2.49. The number of amidine groups is 1. The molecule has 0 aliphatic carbocycles. The molecule has 0 bridgehead atoms. The van der Waals surface area contributed by atoms with Crippen LogP contribution in [0.4, 0.5) is 0 Å². The van der Waals surface area contributed by atoms with Crippen LogP contribution in [-0.4, -0.2) is 49.6 Å². The van der Waals surface area contributed by atoms with Crippen LogP contribution in [0, 0.1) is 0 Å². The second-order valence-electron chi connectivity index (χ2n) is 5.19. The lowest BCUT2D eigenvalue weighted by Gasteiger charge is -2.22. The van der Waals surface area contributed by atoms with Crippen molar-refractivity contribution in [3.05, 3.63) is 27.9 Å². The third-order valence-electron chi connectivity index (χ3n) is 3.55. The van der Waals surface area contributed by atoms with Crippen LogP contribution >= 0.6 is 11.3 Å². The molecule has 0 amide bonds. The van der Waals surface area contributed by atoms with Gasteiger partial charge in [-0.1, -0.05) is 0 Å². The Hall–Kier alpha value is -1.62. The molecule has 0 spiro atoms. The first kappa shape index (κ1) is 17.7. The molecule has 1 fully saturated rings. The fraction of sp³-hybridized carbons (Fsp3) is 0.462. The summed E-state index contributed by atoms with van der Waals surface area (Å²) in [6.45, 7) is 3.54. The highest BCUT2D eigenvalue weighted by Crippen LogP contribution is 2.28. The second kappa shape index (κ2) is 6.87. The van der Waals surface area contributed by atoms with Crippen molar-refractivity contribution in [2.75, 3.05) is 13.6 Å². The van der Waals surface area contributed by atoms with Gasteiger partial charge < -0.3 is 4.90 Å². The number of thiazole rings is 1. The number of likely N-dealkylation sites (tertiary alicyclic amines) is 1. The van der Waals surface area contributed by atoms with Crippen LogP contribution in [0.5, 0.6) is 0 Å². The summed E-state index contributed by atoms with van der Waals surface area (Å²) in [5.74, 6) is 0.533. The van der Waals surface area contributed by atoms with Crippen molar-refractivity contribution in [3.63, 3.8) is 0 Å². The fourth-order valence-corrected chi connectivity index (χ4v) is 3.79. The third-order valence-corrected chi connectivity index (χ3v) is 4.98. The lowest BCUT2D eigenvalue weighted by atomic mass is 10.1. The summed E-state index contributed by atoms with van der Waals surface area (Å²) in [5.41, 5.74) is 1.30. The van der Waals surface area contributed by atoms with Crippen LogP contribution in [-0.2, 0) is 15.0 Å². The number of aliphatic imine (C=N–C) groups is 1. The quantitative estimate of drug-likeness (QED) is 0.455. The molecule has 2 rings (SSSR count). The predicted octanol–water partition coefficient (Wildman–Crippen LogP) is 0.250. The molecule has 0 unspecified atom stereocenters. The molecule has 10 heteroatoms. The maximum atomic E-state index is 11.8. The van der Waals surface area contributed by atoms with Crippen LogP contribution in [0.15, 0.2) is 27.8 Å². The van der Waals surface area contributed by atoms with Crippen LogP contribution in [0.2, 0.25) is 0 Å². The number of carbonyl (C=O) groups is 1. The van der Waals surface area contributed by atoms with Crippen LogP contribution in [0.25, 0.3) is 0 Å². The number of nitrogens with two attached hydrogens (primary N) is 1. The molecule has 0 aromatic carbocycles. The van der Waals surface area contributed by atoms with E-state index < -0.39 is 16.3 Å². The Kier molecular flexibility index (Phi) is 5.30. The van der Waals surface area contributed by atoms with Crippen molar-refractivity contribution in [3.8, 4) is 0 Å². The number of rotatable bonds is 4. The summed E-state index contributed by atoms with van der Waals surface area (Å²) in [4.78, 5) is 22.1. The van der Waals surface area contributed by atoms with Gasteiger partial charge in [0.2, 0.25) is 0 Å². The van der Waals surface area contributed by atoms with Gasteiger partial charge >= 0.3 is 0 Å². The van der Waals surface area contributed by atoms with Gasteiger partial charge in [0.1, 0.15) is 0 Å². The first-order valence-electron chi connectivity index (χ1n) is 6.88. The van der Waals surface area contributed by atoms with Gasteiger partial charge in [0.25, 0.3) is 10.2 Å². The average molecular weight is 357 g/mol. The minimum atomic E-state index is -3.82. The van der Waals surface area contributed by atoms with Gasteiger partial charge in [-0.25, -0.2) is 10.1 Å². The molecule has 1 aromatic rings. The van der Waals surface area contributed by atoms with Crippen molar-refractivity contribution in [1.82, 2.24) is 14.6 Å². The van der Waals surface area contributed by atoms with Gasteiger partial charge in [-0.15, -0.1) is 11.3 Å². The highest BCUT2D eigenvalue weighted by atomic mass is 32.2. The standard InChI is InChI=1S/C13H19N5O3S2/c1-8(9(2)19)11-6-10(17-23(14,20)21)7-18(11)12(15-3)13-16-4-5-22-13/h4-5,10,17H,6-7H2,1-3H3,(H2,14,20,21)/b11-8+,15-12-/t10-/m0/s1. The Morgan fingerprint density at radius 3 is 2.70 bits per heavy atom. The van der Waals surface area contributed by atoms with Crippen LogP contribution in [0.3, 0.4) is 0 Å². The average Bonchev–Trinajstić information content (AvgIpc) is 3.07. The molecule has 1 aliphatic heterocycles. The molecular weight excluding hydrogens is 338 g/mol. The molecule has 2 heterocycles. The minimum Gasteiger partial charge on any atom is -0.326 e. The van der Waals surface area contributed by atoms with E-state index in [1.807, 2.05) is 10.3 Å². The molecule has 0 radical (unpaired) electrons. The van der Waals surface area contributed by atoms with Crippen molar-refractivity contribution in [2.45, 2.75) is 26.3 Å². The van der Waals surface area contributed by atoms with E-state index in [2.05, 4.69) is 14.7 Å². The lowest BCUT2D eigenvalue weighted by molar-refractivity contribution is -0.113. The van der Waals surface area contributed by atoms with E-state index in [9.17, 15) is 13.2 Å². The summed E-state index contributed by atoms with van der Waals surface area (Å²) >= 11 is 1.42. The van der Waals surface area contributed by atoms with E-state index in [1.165, 1.54) is 18.3 Å². The van der Waals surface area contributed by atoms with Crippen LogP contribution < -0.4 is 9.86 Å². The molecule has 3 N–H and O–H groups in total. The molecule has 126 valence electrons. The first-order valence-corrected chi connectivity index (χ1v) is 9.30. The van der Waals surface area contributed by atoms with Crippen molar-refractivity contribution >= 4 is 33.2 Å². The van der Waals surface area contributed by atoms with Gasteiger partial charge in [0.15, 0.2) is 16.6 Å². The minimum absolute atomic E-state index is 0.0733. The number of carbonyl (C=O) groups excluding carboxylic acids is 1. The molecule has 1 aliphatic rings. The number of hydrogen-bond acceptors (Lipinski definition) is 6. The van der Waals surface area contributed by atoms with Crippen molar-refractivity contribution < 1.29 is 13.2 Å². The number of ketones is 1. The molecule has 1 aromatic heterocycles. The Morgan fingerprint density at radius 1 is 1.52 bits per heavy atom. The Labute approximate surface area is 139 Å². The van der Waals surface area contributed by atoms with Gasteiger partial charge in [-0.2, -0.15) is 13.1 Å². The summed E-state index contributed by atoms with van der Waals surface area (Å²) in [5, 5.41) is 7.60. The van der Waals surface area contributed by atoms with E-state index in [0.29, 0.717) is 29.4 Å². The summed E-state index contributed by atoms with van der Waals surface area (Å²) in [6, 6.07) is -0.425. The smallest absolute Gasteiger partial charge is 0.274 e. The Bertz CT molecular complexity index is 753. The second-order valence-corrected chi connectivity index (χ2v) is 7.41. The molecular formula is C13H19N5O3S2. The van der Waals surface area contributed by atoms with Gasteiger partial charge in [0.05, 0.1) is 0 Å². The van der Waals surface area contributed by atoms with E-state index in [1.54, 1.807) is 20.2 Å². The summed E-state index contributed by atoms with van der Waals surface area (Å²) in [6.07, 6.45) is 2.04. The number of Topliss-reactive ketones (excluding diaryl/α,β-unsaturated/α-hetero) is 1. The van der Waals surface area contributed by atoms with Gasteiger partial charge in [0, 0.05) is 48.9 Å². The first-order chi connectivity index (χ1) is 10.7. The number of nitrogens with zero attached hydrogens (tertiary/aromatic N) is 3. The summed E-state index contributed by atoms with van der Waals surface area (Å²) in [7, 11) is -2.19. The molecule has 23 heavy (non-hydrogen) atoms. The summed E-state index contributed by atoms with van der Waals surface area (Å²) < 4.78 is 25.0. The predicted molar refractivity (Wildman–Crippen MR) is 89.3 cm³/mol. The number of nitrogens with one attached hydrogen (secondary N) is 1. The normalized spacial score (nSPS) is 21.7. The van der Waals surface area contributed by atoms with Crippen molar-refractivity contribution in [1.29, 1.82) is 0 Å². The molecule has 1 atom stereocenters. The van der Waals surface area contributed by atoms with Crippen molar-refractivity contribution in [2.24, 2.45) is 10.1 Å². The van der Waals surface area contributed by atoms with Gasteiger partial charge in [-0.05, 0) is 13.8 Å². The zero-order valence-corrected chi connectivity index (χ0v) is 14.7. The van der Waals surface area contributed by atoms with E-state index >= 15 is 0 Å². The van der Waals surface area contributed by atoms with E-state index in [4.69, 9.17) is 5.14 Å². The van der Waals surface area contributed by atoms with Crippen LogP contribution in [0.1, 0.15) is 25.3 Å². The van der Waals surface area contributed by atoms with E-state index in [-0.39, 0.29) is 5.78 Å². The maximum Gasteiger partial charge on any atom is 0.274 e. The number of aromatic nitrogens is 1. The number of allylic oxidation sites excluding steroid dienone is 1. The monoisotopic (exact) mass is 357 g/mol. The highest BCUT2D eigenvalue weighted by molar-refractivity contribution is 7.87. The SMILES string of the molecule is C/N=C(/c1nccs1)N1C[C@@H](NS(N)(=O)=O)C/C1=C(/C)C(C)=O. The zero-order chi connectivity index (χ0) is 17.2. The largest absolute Gasteiger partial charge is 0.326 e. The molecule has 1 saturated heterocycles.